The summed E-state index contributed by atoms with van der Waals surface area (Å²) in [6.07, 6.45) is 6.93. The Hall–Kier alpha value is -4.12. The second-order valence-electron chi connectivity index (χ2n) is 12.9. The number of nitrogens with zero attached hydrogens (tertiary/aromatic N) is 5. The van der Waals surface area contributed by atoms with Crippen LogP contribution < -0.4 is 15.5 Å². The molecule has 6 rings (SSSR count). The monoisotopic (exact) mass is 637 g/mol. The SMILES string of the molecule is COc1ccc([Si](C)(C)[C@H]2[C@H](C)[C@H](CCc3cccc(-n4ncc5ccccc5c4=O)c3)O[C@@H]2CCn2cc(CCO)nn2)cc1. The smallest absolute Gasteiger partial charge is 0.279 e. The summed E-state index contributed by atoms with van der Waals surface area (Å²) >= 11 is 0. The molecule has 3 aromatic carbocycles. The molecule has 0 radical (unpaired) electrons. The fourth-order valence-corrected chi connectivity index (χ4v) is 11.4. The van der Waals surface area contributed by atoms with Gasteiger partial charge in [0.15, 0.2) is 0 Å². The normalized spacial score (nSPS) is 19.9. The van der Waals surface area contributed by atoms with Crippen LogP contribution in [0.5, 0.6) is 5.75 Å². The van der Waals surface area contributed by atoms with Crippen LogP contribution in [0.3, 0.4) is 0 Å². The lowest BCUT2D eigenvalue weighted by Gasteiger charge is -2.36. The summed E-state index contributed by atoms with van der Waals surface area (Å²) in [5.74, 6) is 1.23. The molecule has 240 valence electrons. The minimum atomic E-state index is -1.99. The molecule has 0 unspecified atom stereocenters. The highest BCUT2D eigenvalue weighted by Crippen LogP contribution is 2.46. The molecule has 0 aliphatic carbocycles. The molecule has 4 atom stereocenters. The van der Waals surface area contributed by atoms with Crippen molar-refractivity contribution in [3.63, 3.8) is 0 Å². The van der Waals surface area contributed by atoms with E-state index in [1.54, 1.807) is 13.3 Å². The Morgan fingerprint density at radius 3 is 2.57 bits per heavy atom. The fraction of sp³-hybridized carbons (Fsp3) is 0.389. The minimum Gasteiger partial charge on any atom is -0.497 e. The molecule has 9 nitrogen and oxygen atoms in total. The van der Waals surface area contributed by atoms with Crippen molar-refractivity contribution in [1.29, 1.82) is 0 Å². The Labute approximate surface area is 270 Å². The van der Waals surface area contributed by atoms with Crippen LogP contribution in [0.1, 0.15) is 31.0 Å². The first-order chi connectivity index (χ1) is 22.3. The largest absolute Gasteiger partial charge is 0.497 e. The van der Waals surface area contributed by atoms with Gasteiger partial charge in [-0.15, -0.1) is 5.10 Å². The predicted octanol–water partition coefficient (Wildman–Crippen LogP) is 4.93. The van der Waals surface area contributed by atoms with E-state index in [1.807, 2.05) is 47.3 Å². The van der Waals surface area contributed by atoms with Gasteiger partial charge in [-0.2, -0.15) is 9.78 Å². The fourth-order valence-electron chi connectivity index (χ4n) is 7.28. The number of hydrogen-bond donors (Lipinski definition) is 1. The van der Waals surface area contributed by atoms with Gasteiger partial charge in [0, 0.05) is 31.2 Å². The number of ether oxygens (including phenoxy) is 2. The van der Waals surface area contributed by atoms with Gasteiger partial charge in [0.2, 0.25) is 0 Å². The summed E-state index contributed by atoms with van der Waals surface area (Å²) in [7, 11) is -0.289. The Morgan fingerprint density at radius 1 is 0.978 bits per heavy atom. The average Bonchev–Trinajstić information content (AvgIpc) is 3.66. The van der Waals surface area contributed by atoms with Gasteiger partial charge in [-0.3, -0.25) is 9.48 Å². The van der Waals surface area contributed by atoms with Crippen molar-refractivity contribution >= 4 is 24.0 Å². The molecule has 1 aliphatic rings. The molecule has 0 bridgehead atoms. The summed E-state index contributed by atoms with van der Waals surface area (Å²) in [6.45, 7) is 8.05. The van der Waals surface area contributed by atoms with Gasteiger partial charge >= 0.3 is 0 Å². The van der Waals surface area contributed by atoms with Crippen LogP contribution in [0, 0.1) is 5.92 Å². The molecular formula is C36H43N5O4Si. The van der Waals surface area contributed by atoms with Crippen molar-refractivity contribution in [2.24, 2.45) is 5.92 Å². The van der Waals surface area contributed by atoms with Gasteiger partial charge in [-0.25, -0.2) is 0 Å². The first kappa shape index (κ1) is 31.8. The number of fused-ring (bicyclic) bond motifs is 1. The van der Waals surface area contributed by atoms with Crippen molar-refractivity contribution in [3.8, 4) is 11.4 Å². The maximum atomic E-state index is 13.2. The molecule has 0 spiro atoms. The third-order valence-electron chi connectivity index (χ3n) is 9.74. The quantitative estimate of drug-likeness (QED) is 0.194. The van der Waals surface area contributed by atoms with Crippen LogP contribution >= 0.6 is 0 Å². The summed E-state index contributed by atoms with van der Waals surface area (Å²) < 4.78 is 15.8. The molecular weight excluding hydrogens is 595 g/mol. The number of aliphatic hydroxyl groups excluding tert-OH is 1. The lowest BCUT2D eigenvalue weighted by atomic mass is 9.95. The topological polar surface area (TPSA) is 104 Å². The minimum absolute atomic E-state index is 0.0613. The van der Waals surface area contributed by atoms with E-state index in [2.05, 4.69) is 71.8 Å². The average molecular weight is 638 g/mol. The van der Waals surface area contributed by atoms with Crippen molar-refractivity contribution in [2.75, 3.05) is 13.7 Å². The van der Waals surface area contributed by atoms with Crippen molar-refractivity contribution in [2.45, 2.75) is 70.0 Å². The highest BCUT2D eigenvalue weighted by Gasteiger charge is 2.50. The number of methoxy groups -OCH3 is 1. The summed E-state index contributed by atoms with van der Waals surface area (Å²) in [6, 6.07) is 24.3. The van der Waals surface area contributed by atoms with E-state index in [1.165, 1.54) is 9.87 Å². The molecule has 0 saturated carbocycles. The number of hydrogen-bond acceptors (Lipinski definition) is 7. The van der Waals surface area contributed by atoms with Crippen LogP contribution in [0.15, 0.2) is 90.0 Å². The Kier molecular flexibility index (Phi) is 9.48. The van der Waals surface area contributed by atoms with Gasteiger partial charge in [0.05, 0.1) is 50.4 Å². The van der Waals surface area contributed by atoms with Crippen LogP contribution in [0.4, 0.5) is 0 Å². The van der Waals surface area contributed by atoms with E-state index in [0.717, 1.165) is 47.3 Å². The van der Waals surface area contributed by atoms with Crippen LogP contribution in [-0.4, -0.2) is 63.9 Å². The lowest BCUT2D eigenvalue weighted by Crippen LogP contribution is -2.50. The van der Waals surface area contributed by atoms with Gasteiger partial charge < -0.3 is 14.6 Å². The second kappa shape index (κ2) is 13.7. The molecule has 1 fully saturated rings. The van der Waals surface area contributed by atoms with Crippen LogP contribution in [-0.2, 0) is 24.1 Å². The number of aliphatic hydroxyl groups is 1. The number of benzene rings is 3. The molecule has 5 aromatic rings. The third-order valence-corrected chi connectivity index (χ3v) is 14.1. The zero-order valence-electron chi connectivity index (χ0n) is 27.0. The van der Waals surface area contributed by atoms with E-state index in [4.69, 9.17) is 9.47 Å². The molecule has 1 aliphatic heterocycles. The zero-order chi connectivity index (χ0) is 32.3. The van der Waals surface area contributed by atoms with E-state index < -0.39 is 8.07 Å². The highest BCUT2D eigenvalue weighted by atomic mass is 28.3. The predicted molar refractivity (Wildman–Crippen MR) is 183 cm³/mol. The molecule has 1 N–H and O–H groups in total. The van der Waals surface area contributed by atoms with Crippen molar-refractivity contribution in [3.05, 3.63) is 107 Å². The van der Waals surface area contributed by atoms with Crippen molar-refractivity contribution < 1.29 is 14.6 Å². The first-order valence-corrected chi connectivity index (χ1v) is 19.2. The van der Waals surface area contributed by atoms with E-state index in [9.17, 15) is 9.90 Å². The number of aromatic nitrogens is 5. The maximum Gasteiger partial charge on any atom is 0.279 e. The Bertz CT molecular complexity index is 1840. The third kappa shape index (κ3) is 6.56. The molecule has 2 aromatic heterocycles. The van der Waals surface area contributed by atoms with E-state index >= 15 is 0 Å². The van der Waals surface area contributed by atoms with E-state index in [-0.39, 0.29) is 24.4 Å². The highest BCUT2D eigenvalue weighted by molar-refractivity contribution is 6.91. The zero-order valence-corrected chi connectivity index (χ0v) is 28.0. The number of aryl methyl sites for hydroxylation is 2. The standard InChI is InChI=1S/C36H43N5O4Si/c1-25-33(17-12-26-8-7-10-29(22-26)41-36(43)32-11-6-5-9-27(32)23-37-41)45-34(18-20-40-24-28(19-21-42)38-39-40)35(25)46(3,4)31-15-13-30(44-2)14-16-31/h5-11,13-16,22-25,33-35,42H,12,17-21H2,1-4H3/t25-,33+,34-,35+/m1/s1. The maximum absolute atomic E-state index is 13.2. The molecule has 10 heteroatoms. The molecule has 0 amide bonds. The Balaban J connectivity index is 1.21. The molecule has 46 heavy (non-hydrogen) atoms. The summed E-state index contributed by atoms with van der Waals surface area (Å²) in [4.78, 5) is 13.2. The summed E-state index contributed by atoms with van der Waals surface area (Å²) in [5.41, 5.74) is 3.01. The molecule has 3 heterocycles. The second-order valence-corrected chi connectivity index (χ2v) is 17.6. The van der Waals surface area contributed by atoms with Crippen molar-refractivity contribution in [1.82, 2.24) is 24.8 Å². The Morgan fingerprint density at radius 2 is 1.78 bits per heavy atom. The van der Waals surface area contributed by atoms with Gasteiger partial charge in [-0.1, -0.05) is 72.9 Å². The van der Waals surface area contributed by atoms with E-state index in [0.29, 0.717) is 29.8 Å². The molecule has 1 saturated heterocycles. The van der Waals surface area contributed by atoms with Gasteiger partial charge in [0.25, 0.3) is 5.56 Å². The summed E-state index contributed by atoms with van der Waals surface area (Å²) in [5, 5.41) is 25.2. The van der Waals surface area contributed by atoms with Crippen LogP contribution in [0.25, 0.3) is 16.5 Å². The van der Waals surface area contributed by atoms with Gasteiger partial charge in [-0.05, 0) is 66.6 Å². The first-order valence-electron chi connectivity index (χ1n) is 16.1. The lowest BCUT2D eigenvalue weighted by molar-refractivity contribution is 0.0249. The number of rotatable bonds is 12. The van der Waals surface area contributed by atoms with Crippen LogP contribution in [0.2, 0.25) is 18.6 Å². The van der Waals surface area contributed by atoms with Gasteiger partial charge in [0.1, 0.15) is 5.75 Å².